The Balaban J connectivity index is 2.96. The highest BCUT2D eigenvalue weighted by molar-refractivity contribution is 5.97. The highest BCUT2D eigenvalue weighted by atomic mass is 16.1. The van der Waals surface area contributed by atoms with E-state index in [-0.39, 0.29) is 0 Å². The number of nitrogens with zero attached hydrogens (tertiary/aromatic N) is 2. The first-order chi connectivity index (χ1) is 6.24. The van der Waals surface area contributed by atoms with Crippen molar-refractivity contribution in [1.29, 1.82) is 0 Å². The van der Waals surface area contributed by atoms with Gasteiger partial charge in [0.25, 0.3) is 0 Å². The van der Waals surface area contributed by atoms with Gasteiger partial charge in [-0.25, -0.2) is 4.98 Å². The van der Waals surface area contributed by atoms with Gasteiger partial charge >= 0.3 is 0 Å². The van der Waals surface area contributed by atoms with Crippen molar-refractivity contribution in [2.24, 2.45) is 7.05 Å². The van der Waals surface area contributed by atoms with Gasteiger partial charge in [-0.15, -0.1) is 0 Å². The molecule has 3 nitrogen and oxygen atoms in total. The molecule has 0 atom stereocenters. The Morgan fingerprint density at radius 3 is 3.00 bits per heavy atom. The van der Waals surface area contributed by atoms with Gasteiger partial charge in [-0.05, 0) is 18.6 Å². The average Bonchev–Trinajstić information content (AvgIpc) is 2.45. The van der Waals surface area contributed by atoms with Crippen LogP contribution in [0.3, 0.4) is 0 Å². The van der Waals surface area contributed by atoms with E-state index >= 15 is 0 Å². The molecule has 13 heavy (non-hydrogen) atoms. The summed E-state index contributed by atoms with van der Waals surface area (Å²) in [6.07, 6.45) is 4.43. The molecule has 0 amide bonds. The summed E-state index contributed by atoms with van der Waals surface area (Å²) < 4.78 is 1.87. The molecule has 0 unspecified atom stereocenters. The van der Waals surface area contributed by atoms with Crippen LogP contribution in [0.25, 0.3) is 11.0 Å². The SMILES string of the molecule is Cc1ccnc2c1c(C=O)cn2C. The Hall–Kier alpha value is -1.64. The molecule has 0 radical (unpaired) electrons. The molecule has 0 saturated heterocycles. The second kappa shape index (κ2) is 2.69. The number of rotatable bonds is 1. The second-order valence-corrected chi connectivity index (χ2v) is 3.14. The molecule has 3 heteroatoms. The third kappa shape index (κ3) is 1.04. The Morgan fingerprint density at radius 1 is 1.54 bits per heavy atom. The zero-order valence-corrected chi connectivity index (χ0v) is 7.61. The second-order valence-electron chi connectivity index (χ2n) is 3.14. The molecule has 2 aromatic rings. The van der Waals surface area contributed by atoms with Crippen LogP contribution in [0.1, 0.15) is 15.9 Å². The van der Waals surface area contributed by atoms with E-state index in [4.69, 9.17) is 0 Å². The summed E-state index contributed by atoms with van der Waals surface area (Å²) in [7, 11) is 1.89. The van der Waals surface area contributed by atoms with Gasteiger partial charge in [0.2, 0.25) is 0 Å². The molecule has 0 aliphatic heterocycles. The van der Waals surface area contributed by atoms with Crippen molar-refractivity contribution in [1.82, 2.24) is 9.55 Å². The number of aldehydes is 1. The van der Waals surface area contributed by atoms with Gasteiger partial charge in [0.05, 0.1) is 0 Å². The molecular formula is C10H10N2O. The predicted molar refractivity (Wildman–Crippen MR) is 50.8 cm³/mol. The van der Waals surface area contributed by atoms with Crippen LogP contribution in [-0.2, 0) is 7.05 Å². The summed E-state index contributed by atoms with van der Waals surface area (Å²) in [6, 6.07) is 1.91. The van der Waals surface area contributed by atoms with Crippen LogP contribution in [0.2, 0.25) is 0 Å². The summed E-state index contributed by atoms with van der Waals surface area (Å²) in [5.74, 6) is 0. The first-order valence-electron chi connectivity index (χ1n) is 4.10. The van der Waals surface area contributed by atoms with E-state index in [0.29, 0.717) is 5.56 Å². The third-order valence-electron chi connectivity index (χ3n) is 2.22. The molecule has 0 saturated carbocycles. The monoisotopic (exact) mass is 174 g/mol. The van der Waals surface area contributed by atoms with Crippen LogP contribution in [0.4, 0.5) is 0 Å². The number of hydrogen-bond acceptors (Lipinski definition) is 2. The largest absolute Gasteiger partial charge is 0.335 e. The molecule has 0 aromatic carbocycles. The summed E-state index contributed by atoms with van der Waals surface area (Å²) in [5.41, 5.74) is 2.66. The van der Waals surface area contributed by atoms with E-state index in [0.717, 1.165) is 22.9 Å². The van der Waals surface area contributed by atoms with Gasteiger partial charge in [-0.2, -0.15) is 0 Å². The molecule has 0 bridgehead atoms. The standard InChI is InChI=1S/C10H10N2O/c1-7-3-4-11-10-9(7)8(6-13)5-12(10)2/h3-6H,1-2H3. The summed E-state index contributed by atoms with van der Waals surface area (Å²) in [4.78, 5) is 15.0. The van der Waals surface area contributed by atoms with E-state index in [1.54, 1.807) is 12.4 Å². The Bertz CT molecular complexity index is 471. The van der Waals surface area contributed by atoms with Crippen molar-refractivity contribution in [3.63, 3.8) is 0 Å². The van der Waals surface area contributed by atoms with Crippen LogP contribution >= 0.6 is 0 Å². The maximum atomic E-state index is 10.7. The van der Waals surface area contributed by atoms with Crippen molar-refractivity contribution in [2.75, 3.05) is 0 Å². The van der Waals surface area contributed by atoms with Crippen LogP contribution < -0.4 is 0 Å². The van der Waals surface area contributed by atoms with Gasteiger partial charge in [-0.1, -0.05) is 0 Å². The Kier molecular flexibility index (Phi) is 1.65. The van der Waals surface area contributed by atoms with Gasteiger partial charge in [0, 0.05) is 30.4 Å². The van der Waals surface area contributed by atoms with E-state index in [2.05, 4.69) is 4.98 Å². The Labute approximate surface area is 76.0 Å². The van der Waals surface area contributed by atoms with Gasteiger partial charge in [-0.3, -0.25) is 4.79 Å². The molecule has 0 N–H and O–H groups in total. The zero-order valence-electron chi connectivity index (χ0n) is 7.61. The lowest BCUT2D eigenvalue weighted by atomic mass is 10.1. The van der Waals surface area contributed by atoms with Crippen molar-refractivity contribution >= 4 is 17.3 Å². The zero-order chi connectivity index (χ0) is 9.42. The molecule has 0 spiro atoms. The number of carbonyl (C=O) groups excluding carboxylic acids is 1. The summed E-state index contributed by atoms with van der Waals surface area (Å²) in [6.45, 7) is 1.98. The van der Waals surface area contributed by atoms with E-state index in [1.165, 1.54) is 0 Å². The molecule has 0 aliphatic rings. The normalized spacial score (nSPS) is 10.6. The molecule has 2 rings (SSSR count). The van der Waals surface area contributed by atoms with Gasteiger partial charge in [0.1, 0.15) is 5.65 Å². The highest BCUT2D eigenvalue weighted by Crippen LogP contribution is 2.20. The van der Waals surface area contributed by atoms with Gasteiger partial charge < -0.3 is 4.57 Å². The highest BCUT2D eigenvalue weighted by Gasteiger charge is 2.08. The molecule has 66 valence electrons. The van der Waals surface area contributed by atoms with Crippen LogP contribution in [0, 0.1) is 6.92 Å². The molecule has 0 aliphatic carbocycles. The smallest absolute Gasteiger partial charge is 0.152 e. The lowest BCUT2D eigenvalue weighted by Gasteiger charge is -1.96. The number of pyridine rings is 1. The van der Waals surface area contributed by atoms with Crippen LogP contribution in [-0.4, -0.2) is 15.8 Å². The van der Waals surface area contributed by atoms with E-state index in [1.807, 2.05) is 24.6 Å². The molecular weight excluding hydrogens is 164 g/mol. The number of carbonyl (C=O) groups is 1. The lowest BCUT2D eigenvalue weighted by Crippen LogP contribution is -1.87. The minimum atomic E-state index is 0.711. The van der Waals surface area contributed by atoms with Crippen LogP contribution in [0.15, 0.2) is 18.5 Å². The molecule has 2 aromatic heterocycles. The van der Waals surface area contributed by atoms with Gasteiger partial charge in [0.15, 0.2) is 6.29 Å². The first-order valence-corrected chi connectivity index (χ1v) is 4.10. The maximum Gasteiger partial charge on any atom is 0.152 e. The predicted octanol–water partition coefficient (Wildman–Crippen LogP) is 1.69. The fourth-order valence-corrected chi connectivity index (χ4v) is 1.59. The number of hydrogen-bond donors (Lipinski definition) is 0. The fourth-order valence-electron chi connectivity index (χ4n) is 1.59. The van der Waals surface area contributed by atoms with Crippen molar-refractivity contribution < 1.29 is 4.79 Å². The third-order valence-corrected chi connectivity index (χ3v) is 2.22. The fraction of sp³-hybridized carbons (Fsp3) is 0.200. The van der Waals surface area contributed by atoms with Crippen molar-refractivity contribution in [3.8, 4) is 0 Å². The summed E-state index contributed by atoms with van der Waals surface area (Å²) in [5, 5.41) is 0.958. The quantitative estimate of drug-likeness (QED) is 0.617. The first kappa shape index (κ1) is 7.98. The maximum absolute atomic E-state index is 10.7. The topological polar surface area (TPSA) is 34.9 Å². The number of aromatic nitrogens is 2. The number of aryl methyl sites for hydroxylation is 2. The van der Waals surface area contributed by atoms with E-state index < -0.39 is 0 Å². The molecule has 2 heterocycles. The Morgan fingerprint density at radius 2 is 2.31 bits per heavy atom. The minimum absolute atomic E-state index is 0.711. The lowest BCUT2D eigenvalue weighted by molar-refractivity contribution is 0.112. The van der Waals surface area contributed by atoms with Crippen LogP contribution in [0.5, 0.6) is 0 Å². The average molecular weight is 174 g/mol. The summed E-state index contributed by atoms with van der Waals surface area (Å²) >= 11 is 0. The van der Waals surface area contributed by atoms with Crippen molar-refractivity contribution in [3.05, 3.63) is 29.6 Å². The van der Waals surface area contributed by atoms with Crippen molar-refractivity contribution in [2.45, 2.75) is 6.92 Å². The van der Waals surface area contributed by atoms with E-state index in [9.17, 15) is 4.79 Å². The number of fused-ring (bicyclic) bond motifs is 1. The molecule has 0 fully saturated rings. The minimum Gasteiger partial charge on any atom is -0.335 e.